The smallest absolute Gasteiger partial charge is 0.305 e. The Balaban J connectivity index is 2.22. The standard InChI is InChI=1S/C9H17NO3/c1-12-9(11)3-2-7-4-5-13-6-8(7)10/h7-8H,2-6,10H2,1H3. The first kappa shape index (κ1) is 10.5. The summed E-state index contributed by atoms with van der Waals surface area (Å²) in [7, 11) is 1.41. The lowest BCUT2D eigenvalue weighted by atomic mass is 9.91. The normalized spacial score (nSPS) is 28.5. The van der Waals surface area contributed by atoms with Crippen LogP contribution in [-0.4, -0.2) is 32.3 Å². The molecule has 0 aromatic carbocycles. The molecule has 1 fully saturated rings. The largest absolute Gasteiger partial charge is 0.469 e. The molecule has 1 saturated heterocycles. The number of hydrogen-bond acceptors (Lipinski definition) is 4. The molecule has 1 heterocycles. The second-order valence-corrected chi connectivity index (χ2v) is 3.40. The van der Waals surface area contributed by atoms with E-state index in [0.717, 1.165) is 19.4 Å². The molecule has 1 aliphatic heterocycles. The quantitative estimate of drug-likeness (QED) is 0.646. The molecule has 2 atom stereocenters. The van der Waals surface area contributed by atoms with Gasteiger partial charge in [-0.15, -0.1) is 0 Å². The predicted molar refractivity (Wildman–Crippen MR) is 48.2 cm³/mol. The molecule has 0 aromatic heterocycles. The molecule has 0 spiro atoms. The third-order valence-electron chi connectivity index (χ3n) is 2.50. The maximum Gasteiger partial charge on any atom is 0.305 e. The van der Waals surface area contributed by atoms with Crippen molar-refractivity contribution in [3.63, 3.8) is 0 Å². The van der Waals surface area contributed by atoms with Crippen molar-refractivity contribution in [1.82, 2.24) is 0 Å². The van der Waals surface area contributed by atoms with Crippen LogP contribution in [0.15, 0.2) is 0 Å². The zero-order chi connectivity index (χ0) is 9.68. The van der Waals surface area contributed by atoms with Crippen molar-refractivity contribution in [1.29, 1.82) is 0 Å². The fourth-order valence-corrected chi connectivity index (χ4v) is 1.57. The number of carbonyl (C=O) groups is 1. The van der Waals surface area contributed by atoms with Crippen LogP contribution in [0.5, 0.6) is 0 Å². The average molecular weight is 187 g/mol. The van der Waals surface area contributed by atoms with Crippen molar-refractivity contribution < 1.29 is 14.3 Å². The summed E-state index contributed by atoms with van der Waals surface area (Å²) in [6, 6.07) is 0.0819. The summed E-state index contributed by atoms with van der Waals surface area (Å²) in [6.45, 7) is 1.38. The van der Waals surface area contributed by atoms with E-state index in [1.165, 1.54) is 7.11 Å². The molecule has 76 valence electrons. The van der Waals surface area contributed by atoms with Crippen molar-refractivity contribution in [3.05, 3.63) is 0 Å². The SMILES string of the molecule is COC(=O)CCC1CCOCC1N. The van der Waals surface area contributed by atoms with Crippen LogP contribution >= 0.6 is 0 Å². The molecular weight excluding hydrogens is 170 g/mol. The second kappa shape index (κ2) is 5.19. The van der Waals surface area contributed by atoms with Crippen LogP contribution in [0.2, 0.25) is 0 Å². The van der Waals surface area contributed by atoms with E-state index in [9.17, 15) is 4.79 Å². The Morgan fingerprint density at radius 2 is 2.46 bits per heavy atom. The molecule has 4 nitrogen and oxygen atoms in total. The fourth-order valence-electron chi connectivity index (χ4n) is 1.57. The van der Waals surface area contributed by atoms with Crippen LogP contribution in [-0.2, 0) is 14.3 Å². The summed E-state index contributed by atoms with van der Waals surface area (Å²) in [6.07, 6.45) is 2.24. The average Bonchev–Trinajstić information content (AvgIpc) is 2.16. The first-order valence-corrected chi connectivity index (χ1v) is 4.64. The van der Waals surface area contributed by atoms with Crippen molar-refractivity contribution in [2.75, 3.05) is 20.3 Å². The zero-order valence-corrected chi connectivity index (χ0v) is 7.99. The van der Waals surface area contributed by atoms with Gasteiger partial charge in [0, 0.05) is 19.1 Å². The summed E-state index contributed by atoms with van der Waals surface area (Å²) < 4.78 is 9.77. The van der Waals surface area contributed by atoms with Gasteiger partial charge in [0.2, 0.25) is 0 Å². The molecular formula is C9H17NO3. The number of carbonyl (C=O) groups excluding carboxylic acids is 1. The van der Waals surface area contributed by atoms with Crippen molar-refractivity contribution in [2.24, 2.45) is 11.7 Å². The monoisotopic (exact) mass is 187 g/mol. The van der Waals surface area contributed by atoms with Crippen LogP contribution in [0.3, 0.4) is 0 Å². The highest BCUT2D eigenvalue weighted by Gasteiger charge is 2.22. The lowest BCUT2D eigenvalue weighted by molar-refractivity contribution is -0.141. The lowest BCUT2D eigenvalue weighted by Gasteiger charge is -2.28. The van der Waals surface area contributed by atoms with Gasteiger partial charge in [-0.2, -0.15) is 0 Å². The Bertz CT molecular complexity index is 172. The Morgan fingerprint density at radius 1 is 1.69 bits per heavy atom. The molecule has 1 aliphatic rings. The Kier molecular flexibility index (Phi) is 4.18. The Hall–Kier alpha value is -0.610. The van der Waals surface area contributed by atoms with E-state index in [1.807, 2.05) is 0 Å². The molecule has 0 bridgehead atoms. The van der Waals surface area contributed by atoms with Crippen LogP contribution in [0.25, 0.3) is 0 Å². The summed E-state index contributed by atoms with van der Waals surface area (Å²) in [4.78, 5) is 10.9. The molecule has 1 rings (SSSR count). The topological polar surface area (TPSA) is 61.5 Å². The first-order valence-electron chi connectivity index (χ1n) is 4.64. The number of ether oxygens (including phenoxy) is 2. The maximum absolute atomic E-state index is 10.9. The Morgan fingerprint density at radius 3 is 3.08 bits per heavy atom. The molecule has 4 heteroatoms. The van der Waals surface area contributed by atoms with Crippen LogP contribution in [0.1, 0.15) is 19.3 Å². The number of hydrogen-bond donors (Lipinski definition) is 1. The Labute approximate surface area is 78.4 Å². The van der Waals surface area contributed by atoms with Crippen molar-refractivity contribution in [2.45, 2.75) is 25.3 Å². The van der Waals surface area contributed by atoms with Gasteiger partial charge in [-0.1, -0.05) is 0 Å². The lowest BCUT2D eigenvalue weighted by Crippen LogP contribution is -2.39. The van der Waals surface area contributed by atoms with Crippen LogP contribution in [0.4, 0.5) is 0 Å². The highest BCUT2D eigenvalue weighted by molar-refractivity contribution is 5.69. The van der Waals surface area contributed by atoms with Gasteiger partial charge in [0.15, 0.2) is 0 Å². The summed E-state index contributed by atoms with van der Waals surface area (Å²) in [5.41, 5.74) is 5.83. The van der Waals surface area contributed by atoms with Gasteiger partial charge in [-0.05, 0) is 18.8 Å². The van der Waals surface area contributed by atoms with Gasteiger partial charge in [0.05, 0.1) is 13.7 Å². The molecule has 0 aromatic rings. The van der Waals surface area contributed by atoms with E-state index in [0.29, 0.717) is 18.9 Å². The first-order chi connectivity index (χ1) is 6.24. The minimum absolute atomic E-state index is 0.0819. The van der Waals surface area contributed by atoms with Crippen LogP contribution < -0.4 is 5.73 Å². The summed E-state index contributed by atoms with van der Waals surface area (Å²) >= 11 is 0. The highest BCUT2D eigenvalue weighted by Crippen LogP contribution is 2.19. The molecule has 0 amide bonds. The minimum Gasteiger partial charge on any atom is -0.469 e. The zero-order valence-electron chi connectivity index (χ0n) is 7.99. The second-order valence-electron chi connectivity index (χ2n) is 3.40. The fraction of sp³-hybridized carbons (Fsp3) is 0.889. The van der Waals surface area contributed by atoms with E-state index in [2.05, 4.69) is 4.74 Å². The third-order valence-corrected chi connectivity index (χ3v) is 2.50. The van der Waals surface area contributed by atoms with E-state index in [-0.39, 0.29) is 12.0 Å². The van der Waals surface area contributed by atoms with Crippen molar-refractivity contribution in [3.8, 4) is 0 Å². The molecule has 0 saturated carbocycles. The van der Waals surface area contributed by atoms with Gasteiger partial charge in [-0.25, -0.2) is 0 Å². The number of methoxy groups -OCH3 is 1. The van der Waals surface area contributed by atoms with E-state index in [4.69, 9.17) is 10.5 Å². The van der Waals surface area contributed by atoms with Gasteiger partial charge >= 0.3 is 5.97 Å². The predicted octanol–water partition coefficient (Wildman–Crippen LogP) is 0.303. The van der Waals surface area contributed by atoms with Crippen molar-refractivity contribution >= 4 is 5.97 Å². The van der Waals surface area contributed by atoms with E-state index < -0.39 is 0 Å². The molecule has 0 radical (unpaired) electrons. The van der Waals surface area contributed by atoms with E-state index >= 15 is 0 Å². The van der Waals surface area contributed by atoms with Gasteiger partial charge in [-0.3, -0.25) is 4.79 Å². The molecule has 2 unspecified atom stereocenters. The van der Waals surface area contributed by atoms with Gasteiger partial charge < -0.3 is 15.2 Å². The number of esters is 1. The molecule has 2 N–H and O–H groups in total. The minimum atomic E-state index is -0.154. The molecule has 0 aliphatic carbocycles. The van der Waals surface area contributed by atoms with Gasteiger partial charge in [0.25, 0.3) is 0 Å². The highest BCUT2D eigenvalue weighted by atomic mass is 16.5. The number of nitrogens with two attached hydrogens (primary N) is 1. The summed E-state index contributed by atoms with van der Waals surface area (Å²) in [5, 5.41) is 0. The van der Waals surface area contributed by atoms with Crippen LogP contribution in [0, 0.1) is 5.92 Å². The van der Waals surface area contributed by atoms with E-state index in [1.54, 1.807) is 0 Å². The third kappa shape index (κ3) is 3.32. The number of rotatable bonds is 3. The summed E-state index contributed by atoms with van der Waals surface area (Å²) in [5.74, 6) is 0.256. The molecule has 13 heavy (non-hydrogen) atoms. The van der Waals surface area contributed by atoms with Gasteiger partial charge in [0.1, 0.15) is 0 Å². The maximum atomic E-state index is 10.9.